The number of fused-ring (bicyclic) bond motifs is 2. The highest BCUT2D eigenvalue weighted by Gasteiger charge is 2.49. The number of nitrogens with one attached hydrogen (secondary N) is 2. The number of ether oxygens (including phenoxy) is 1. The second kappa shape index (κ2) is 8.77. The fraction of sp³-hybridized carbons (Fsp3) is 0.520. The lowest BCUT2D eigenvalue weighted by atomic mass is 9.75. The van der Waals surface area contributed by atoms with Gasteiger partial charge in [0.15, 0.2) is 0 Å². The smallest absolute Gasteiger partial charge is 0.317 e. The maximum absolute atomic E-state index is 12.7. The average molecular weight is 466 g/mol. The zero-order chi connectivity index (χ0) is 24.0. The number of rotatable bonds is 4. The monoisotopic (exact) mass is 466 g/mol. The molecule has 1 aromatic carbocycles. The Kier molecular flexibility index (Phi) is 5.79. The van der Waals surface area contributed by atoms with Gasteiger partial charge in [0, 0.05) is 35.0 Å². The normalized spacial score (nSPS) is 32.6. The third-order valence-electron chi connectivity index (χ3n) is 7.84. The van der Waals surface area contributed by atoms with Crippen molar-refractivity contribution >= 4 is 46.7 Å². The minimum Gasteiger partial charge on any atom is -0.393 e. The van der Waals surface area contributed by atoms with Crippen molar-refractivity contribution in [1.82, 2.24) is 0 Å². The lowest BCUT2D eigenvalue weighted by Gasteiger charge is -2.29. The molecule has 1 aromatic rings. The van der Waals surface area contributed by atoms with Crippen molar-refractivity contribution in [1.29, 1.82) is 0 Å². The second-order valence-electron chi connectivity index (χ2n) is 9.85. The summed E-state index contributed by atoms with van der Waals surface area (Å²) in [5.74, 6) is -3.62. The Morgan fingerprint density at radius 1 is 0.647 bits per heavy atom. The molecule has 3 saturated carbocycles. The first-order chi connectivity index (χ1) is 16.3. The summed E-state index contributed by atoms with van der Waals surface area (Å²) in [5.41, 5.74) is 1.14. The van der Waals surface area contributed by atoms with Gasteiger partial charge >= 0.3 is 11.9 Å². The van der Waals surface area contributed by atoms with Gasteiger partial charge in [-0.25, -0.2) is 0 Å². The first-order valence-electron chi connectivity index (χ1n) is 11.8. The van der Waals surface area contributed by atoms with Crippen LogP contribution in [0.2, 0.25) is 0 Å². The largest absolute Gasteiger partial charge is 0.393 e. The van der Waals surface area contributed by atoms with E-state index in [1.807, 2.05) is 0 Å². The van der Waals surface area contributed by atoms with Crippen LogP contribution in [-0.2, 0) is 33.5 Å². The van der Waals surface area contributed by atoms with E-state index >= 15 is 0 Å². The molecule has 1 heterocycles. The number of anilines is 2. The van der Waals surface area contributed by atoms with E-state index in [1.54, 1.807) is 24.3 Å². The lowest BCUT2D eigenvalue weighted by molar-refractivity contribution is -0.153. The molecule has 1 saturated heterocycles. The standard InChI is InChI=1S/C25H26N2O7/c28-20-11-21(29)18-9-12(1-7-16(18)20)22(30)26-14-3-5-15(6-4-14)27-23(31)13-2-8-17-19(10-13)25(33)34-24(17)32/h3-6,12-13,16-19H,1-2,7-11H2,(H,26,30)(H,27,31). The molecule has 6 atom stereocenters. The minimum atomic E-state index is -0.540. The first-order valence-corrected chi connectivity index (χ1v) is 11.8. The van der Waals surface area contributed by atoms with Crippen LogP contribution in [-0.4, -0.2) is 35.3 Å². The van der Waals surface area contributed by atoms with Crippen LogP contribution >= 0.6 is 0 Å². The third kappa shape index (κ3) is 4.15. The summed E-state index contributed by atoms with van der Waals surface area (Å²) in [4.78, 5) is 72.8. The van der Waals surface area contributed by atoms with Crippen molar-refractivity contribution in [2.24, 2.45) is 35.5 Å². The molecule has 34 heavy (non-hydrogen) atoms. The Hall–Kier alpha value is -3.36. The van der Waals surface area contributed by atoms with Gasteiger partial charge < -0.3 is 15.4 Å². The van der Waals surface area contributed by atoms with Crippen molar-refractivity contribution in [2.45, 2.75) is 44.9 Å². The summed E-state index contributed by atoms with van der Waals surface area (Å²) >= 11 is 0. The molecule has 0 radical (unpaired) electrons. The van der Waals surface area contributed by atoms with Crippen molar-refractivity contribution in [3.05, 3.63) is 24.3 Å². The predicted octanol–water partition coefficient (Wildman–Crippen LogP) is 2.25. The average Bonchev–Trinajstić information content (AvgIpc) is 3.28. The summed E-state index contributed by atoms with van der Waals surface area (Å²) < 4.78 is 4.70. The molecule has 2 amide bonds. The maximum Gasteiger partial charge on any atom is 0.317 e. The van der Waals surface area contributed by atoms with Crippen molar-refractivity contribution < 1.29 is 33.5 Å². The summed E-state index contributed by atoms with van der Waals surface area (Å²) in [6.07, 6.45) is 2.85. The van der Waals surface area contributed by atoms with Gasteiger partial charge in [0.1, 0.15) is 11.6 Å². The van der Waals surface area contributed by atoms with E-state index in [2.05, 4.69) is 10.6 Å². The number of esters is 2. The van der Waals surface area contributed by atoms with Gasteiger partial charge in [0.05, 0.1) is 18.3 Å². The Morgan fingerprint density at radius 2 is 1.12 bits per heavy atom. The molecule has 2 N–H and O–H groups in total. The van der Waals surface area contributed by atoms with Gasteiger partial charge in [-0.2, -0.15) is 0 Å². The zero-order valence-electron chi connectivity index (χ0n) is 18.6. The highest BCUT2D eigenvalue weighted by atomic mass is 16.6. The molecule has 3 aliphatic carbocycles. The molecular weight excluding hydrogens is 440 g/mol. The summed E-state index contributed by atoms with van der Waals surface area (Å²) in [6, 6.07) is 6.74. The third-order valence-corrected chi connectivity index (χ3v) is 7.84. The number of amides is 2. The van der Waals surface area contributed by atoms with Gasteiger partial charge in [-0.1, -0.05) is 0 Å². The Bertz CT molecular complexity index is 994. The topological polar surface area (TPSA) is 136 Å². The molecule has 0 bridgehead atoms. The summed E-state index contributed by atoms with van der Waals surface area (Å²) in [7, 11) is 0. The summed E-state index contributed by atoms with van der Waals surface area (Å²) in [5, 5.41) is 5.70. The van der Waals surface area contributed by atoms with Crippen LogP contribution in [0.3, 0.4) is 0 Å². The van der Waals surface area contributed by atoms with Gasteiger partial charge in [-0.15, -0.1) is 0 Å². The number of hydrogen-bond acceptors (Lipinski definition) is 7. The first kappa shape index (κ1) is 22.4. The maximum atomic E-state index is 12.7. The van der Waals surface area contributed by atoms with E-state index in [1.165, 1.54) is 0 Å². The number of Topliss-reactive ketones (excluding diaryl/α,β-unsaturated/α-hetero) is 2. The summed E-state index contributed by atoms with van der Waals surface area (Å²) in [6.45, 7) is 0. The number of carbonyl (C=O) groups excluding carboxylic acids is 6. The molecule has 178 valence electrons. The molecule has 9 nitrogen and oxygen atoms in total. The molecule has 9 heteroatoms. The molecule has 4 aliphatic rings. The lowest BCUT2D eigenvalue weighted by Crippen LogP contribution is -2.34. The molecule has 0 spiro atoms. The van der Waals surface area contributed by atoms with Gasteiger partial charge in [0.2, 0.25) is 11.8 Å². The zero-order valence-corrected chi connectivity index (χ0v) is 18.6. The van der Waals surface area contributed by atoms with Crippen LogP contribution < -0.4 is 10.6 Å². The SMILES string of the molecule is O=C(Nc1ccc(NC(=O)C2CCC3C(=O)OC(=O)C3C2)cc1)C1CCC2C(=O)CC(=O)C2C1. The van der Waals surface area contributed by atoms with Crippen LogP contribution in [0, 0.1) is 35.5 Å². The Balaban J connectivity index is 1.14. The van der Waals surface area contributed by atoms with E-state index in [9.17, 15) is 28.8 Å². The van der Waals surface area contributed by atoms with Gasteiger partial charge in [0.25, 0.3) is 0 Å². The van der Waals surface area contributed by atoms with Crippen LogP contribution in [0.15, 0.2) is 24.3 Å². The molecule has 0 aromatic heterocycles. The van der Waals surface area contributed by atoms with E-state index in [4.69, 9.17) is 4.74 Å². The number of carbonyl (C=O) groups is 6. The van der Waals surface area contributed by atoms with Crippen molar-refractivity contribution in [2.75, 3.05) is 10.6 Å². The highest BCUT2D eigenvalue weighted by Crippen LogP contribution is 2.41. The highest BCUT2D eigenvalue weighted by molar-refractivity contribution is 6.09. The number of ketones is 2. The fourth-order valence-electron chi connectivity index (χ4n) is 5.91. The number of cyclic esters (lactones) is 2. The van der Waals surface area contributed by atoms with E-state index in [0.29, 0.717) is 49.9 Å². The predicted molar refractivity (Wildman–Crippen MR) is 118 cm³/mol. The van der Waals surface area contributed by atoms with E-state index in [-0.39, 0.29) is 53.5 Å². The van der Waals surface area contributed by atoms with Gasteiger partial charge in [-0.3, -0.25) is 28.8 Å². The van der Waals surface area contributed by atoms with E-state index in [0.717, 1.165) is 0 Å². The Morgan fingerprint density at radius 3 is 1.71 bits per heavy atom. The molecule has 1 aliphatic heterocycles. The molecular formula is C25H26N2O7. The molecule has 6 unspecified atom stereocenters. The number of benzene rings is 1. The van der Waals surface area contributed by atoms with Crippen LogP contribution in [0.25, 0.3) is 0 Å². The Labute approximate surface area is 196 Å². The van der Waals surface area contributed by atoms with Crippen molar-refractivity contribution in [3.8, 4) is 0 Å². The molecule has 4 fully saturated rings. The van der Waals surface area contributed by atoms with Crippen LogP contribution in [0.5, 0.6) is 0 Å². The van der Waals surface area contributed by atoms with Crippen LogP contribution in [0.4, 0.5) is 11.4 Å². The molecule has 5 rings (SSSR count). The van der Waals surface area contributed by atoms with Crippen LogP contribution in [0.1, 0.15) is 44.9 Å². The van der Waals surface area contributed by atoms with Gasteiger partial charge in [-0.05, 0) is 62.8 Å². The number of hydrogen-bond donors (Lipinski definition) is 2. The van der Waals surface area contributed by atoms with E-state index < -0.39 is 23.8 Å². The second-order valence-corrected chi connectivity index (χ2v) is 9.85. The minimum absolute atomic E-state index is 0.00115. The van der Waals surface area contributed by atoms with Crippen molar-refractivity contribution in [3.63, 3.8) is 0 Å². The quantitative estimate of drug-likeness (QED) is 0.513. The fourth-order valence-corrected chi connectivity index (χ4v) is 5.91.